The molecule has 8 rings (SSSR count). The summed E-state index contributed by atoms with van der Waals surface area (Å²) in [5, 5.41) is 17.3. The summed E-state index contributed by atoms with van der Waals surface area (Å²) < 4.78 is 10.2. The highest BCUT2D eigenvalue weighted by Crippen LogP contribution is 2.57. The minimum Gasteiger partial charge on any atom is -0.453 e. The Morgan fingerprint density at radius 1 is 0.857 bits per heavy atom. The van der Waals surface area contributed by atoms with E-state index in [0.29, 0.717) is 30.7 Å². The van der Waals surface area contributed by atoms with Crippen LogP contribution in [0.4, 0.5) is 4.79 Å². The molecule has 2 saturated carbocycles. The number of benzene rings is 2. The van der Waals surface area contributed by atoms with E-state index in [9.17, 15) is 14.7 Å². The van der Waals surface area contributed by atoms with E-state index in [0.717, 1.165) is 70.8 Å². The Bertz CT molecular complexity index is 2100. The number of likely N-dealkylation sites (tertiary alicyclic amines) is 1. The maximum Gasteiger partial charge on any atom is 0.407 e. The van der Waals surface area contributed by atoms with Crippen LogP contribution in [0.3, 0.4) is 0 Å². The van der Waals surface area contributed by atoms with Crippen molar-refractivity contribution in [1.29, 1.82) is 0 Å². The van der Waals surface area contributed by atoms with Crippen LogP contribution in [0.15, 0.2) is 79.5 Å². The van der Waals surface area contributed by atoms with Crippen molar-refractivity contribution in [1.82, 2.24) is 45.4 Å². The normalized spacial score (nSPS) is 23.2. The number of carbonyl (C=O) groups is 2. The molecule has 1 aliphatic heterocycles. The summed E-state index contributed by atoms with van der Waals surface area (Å²) in [6, 6.07) is 15.7. The van der Waals surface area contributed by atoms with Crippen LogP contribution in [0.2, 0.25) is 0 Å². The van der Waals surface area contributed by atoms with Gasteiger partial charge in [-0.2, -0.15) is 0 Å². The maximum absolute atomic E-state index is 13.6. The Kier molecular flexibility index (Phi) is 10.9. The first kappa shape index (κ1) is 37.5. The van der Waals surface area contributed by atoms with Crippen LogP contribution in [0, 0.1) is 17.8 Å². The number of aromatic amines is 2. The minimum absolute atomic E-state index is 0.0873. The fraction of sp³-hybridized carbons (Fsp3) is 0.429. The van der Waals surface area contributed by atoms with Crippen molar-refractivity contribution in [2.24, 2.45) is 17.8 Å². The topological polar surface area (TPSA) is 183 Å². The molecule has 3 aromatic heterocycles. The number of methoxy groups -OCH3 is 2. The van der Waals surface area contributed by atoms with E-state index in [4.69, 9.17) is 14.5 Å². The molecule has 2 bridgehead atoms. The first-order valence-corrected chi connectivity index (χ1v) is 19.5. The van der Waals surface area contributed by atoms with Crippen molar-refractivity contribution in [3.8, 4) is 33.6 Å². The van der Waals surface area contributed by atoms with Gasteiger partial charge in [0.05, 0.1) is 48.7 Å². The number of amides is 2. The average Bonchev–Trinajstić information content (AvgIpc) is 4.10. The van der Waals surface area contributed by atoms with Crippen LogP contribution in [0.25, 0.3) is 33.6 Å². The molecule has 2 amide bonds. The molecule has 14 nitrogen and oxygen atoms in total. The summed E-state index contributed by atoms with van der Waals surface area (Å²) in [6.07, 6.45) is 11.9. The van der Waals surface area contributed by atoms with Crippen LogP contribution in [0.5, 0.6) is 0 Å². The van der Waals surface area contributed by atoms with Crippen molar-refractivity contribution in [2.75, 3.05) is 20.8 Å². The van der Waals surface area contributed by atoms with Gasteiger partial charge in [0.25, 0.3) is 0 Å². The van der Waals surface area contributed by atoms with Gasteiger partial charge in [-0.3, -0.25) is 20.1 Å². The largest absolute Gasteiger partial charge is 0.453 e. The van der Waals surface area contributed by atoms with Crippen LogP contribution in [-0.4, -0.2) is 91.0 Å². The fourth-order valence-electron chi connectivity index (χ4n) is 9.15. The third-order valence-corrected chi connectivity index (χ3v) is 12.1. The van der Waals surface area contributed by atoms with Gasteiger partial charge < -0.3 is 34.8 Å². The van der Waals surface area contributed by atoms with E-state index in [1.807, 2.05) is 6.20 Å². The molecule has 14 heteroatoms. The number of aliphatic hydroxyl groups excluding tert-OH is 1. The molecular weight excluding hydrogens is 711 g/mol. The fourth-order valence-corrected chi connectivity index (χ4v) is 9.15. The van der Waals surface area contributed by atoms with Gasteiger partial charge in [0.15, 0.2) is 0 Å². The minimum atomic E-state index is -0.884. The van der Waals surface area contributed by atoms with Gasteiger partial charge in [0.1, 0.15) is 23.9 Å². The van der Waals surface area contributed by atoms with Gasteiger partial charge >= 0.3 is 6.09 Å². The quantitative estimate of drug-likeness (QED) is 0.0950. The SMILES string of the molecule is COC(=O)N[C@H](C(=O)N1CCC[C@H]1c1ncc(-c2ccc(-c3ccc(-c4cnc([C@@H]5C6CCC(C6)C5C(O)NCc5cnccn5)[nH]4)cc3)cc2)[nH]1)[C@@H](C)OC. The number of fused-ring (bicyclic) bond motifs is 2. The van der Waals surface area contributed by atoms with E-state index >= 15 is 0 Å². The Hall–Kier alpha value is -5.44. The monoisotopic (exact) mass is 759 g/mol. The Balaban J connectivity index is 0.917. The van der Waals surface area contributed by atoms with Crippen molar-refractivity contribution in [2.45, 2.75) is 75.9 Å². The predicted molar refractivity (Wildman–Crippen MR) is 208 cm³/mol. The molecule has 56 heavy (non-hydrogen) atoms. The summed E-state index contributed by atoms with van der Waals surface area (Å²) in [4.78, 5) is 52.5. The number of ether oxygens (including phenoxy) is 2. The first-order valence-electron chi connectivity index (χ1n) is 19.5. The molecular formula is C42H49N9O5. The second-order valence-electron chi connectivity index (χ2n) is 15.2. The zero-order valence-electron chi connectivity index (χ0n) is 31.9. The van der Waals surface area contributed by atoms with Gasteiger partial charge in [0.2, 0.25) is 5.91 Å². The lowest BCUT2D eigenvalue weighted by atomic mass is 9.77. The number of H-pyrrole nitrogens is 2. The zero-order chi connectivity index (χ0) is 38.8. The molecule has 8 atom stereocenters. The van der Waals surface area contributed by atoms with Gasteiger partial charge in [-0.25, -0.2) is 14.8 Å². The summed E-state index contributed by atoms with van der Waals surface area (Å²) in [5.41, 5.74) is 6.84. The average molecular weight is 760 g/mol. The molecule has 5 N–H and O–H groups in total. The molecule has 4 unspecified atom stereocenters. The summed E-state index contributed by atoms with van der Waals surface area (Å²) in [7, 11) is 2.77. The summed E-state index contributed by atoms with van der Waals surface area (Å²) >= 11 is 0. The Morgan fingerprint density at radius 3 is 2.14 bits per heavy atom. The van der Waals surface area contributed by atoms with Crippen molar-refractivity contribution < 1.29 is 24.2 Å². The predicted octanol–water partition coefficient (Wildman–Crippen LogP) is 5.58. The number of carbonyl (C=O) groups excluding carboxylic acids is 2. The molecule has 3 aliphatic rings. The van der Waals surface area contributed by atoms with Gasteiger partial charge in [-0.1, -0.05) is 48.5 Å². The van der Waals surface area contributed by atoms with Crippen LogP contribution >= 0.6 is 0 Å². The van der Waals surface area contributed by atoms with Crippen LogP contribution in [-0.2, 0) is 20.8 Å². The van der Waals surface area contributed by atoms with E-state index in [2.05, 4.69) is 84.1 Å². The van der Waals surface area contributed by atoms with Crippen molar-refractivity contribution in [3.05, 3.63) is 96.9 Å². The molecule has 2 aliphatic carbocycles. The first-order chi connectivity index (χ1) is 27.3. The molecule has 0 radical (unpaired) electrons. The molecule has 3 fully saturated rings. The zero-order valence-corrected chi connectivity index (χ0v) is 31.9. The number of rotatable bonds is 13. The Morgan fingerprint density at radius 2 is 1.50 bits per heavy atom. The Labute approximate surface area is 325 Å². The standard InChI is InChI=1S/C42H49N9O5/c1-24(55-2)37(50-42(54)56-3)41(53)51-18-4-5-34(51)38-45-22-32(48-38)27-10-6-25(7-11-27)26-8-12-28(13-9-26)33-23-46-39(49-33)35-29-14-15-30(19-29)36(35)40(52)47-21-31-20-43-16-17-44-31/h6-13,16-17,20,22-24,29-30,34-37,40,47,52H,4-5,14-15,18-19,21H2,1-3H3,(H,45,48)(H,46,49)(H,50,54)/t24-,29?,30?,34+,35-,36?,37+,40?/m1/s1. The molecule has 292 valence electrons. The summed E-state index contributed by atoms with van der Waals surface area (Å²) in [5.74, 6) is 2.66. The number of imidazole rings is 2. The number of hydrogen-bond acceptors (Lipinski definition) is 10. The summed E-state index contributed by atoms with van der Waals surface area (Å²) in [6.45, 7) is 2.77. The maximum atomic E-state index is 13.6. The van der Waals surface area contributed by atoms with Gasteiger partial charge in [-0.15, -0.1) is 0 Å². The van der Waals surface area contributed by atoms with E-state index in [1.165, 1.54) is 20.6 Å². The number of hydrogen-bond donors (Lipinski definition) is 5. The smallest absolute Gasteiger partial charge is 0.407 e. The lowest BCUT2D eigenvalue weighted by Gasteiger charge is -2.33. The molecule has 0 spiro atoms. The molecule has 2 aromatic carbocycles. The number of aliphatic hydroxyl groups is 1. The van der Waals surface area contributed by atoms with E-state index in [-0.39, 0.29) is 23.8 Å². The lowest BCUT2D eigenvalue weighted by Crippen LogP contribution is -2.54. The van der Waals surface area contributed by atoms with Crippen molar-refractivity contribution in [3.63, 3.8) is 0 Å². The highest BCUT2D eigenvalue weighted by molar-refractivity contribution is 5.87. The number of nitrogens with zero attached hydrogens (tertiary/aromatic N) is 5. The van der Waals surface area contributed by atoms with E-state index < -0.39 is 24.5 Å². The van der Waals surface area contributed by atoms with Crippen LogP contribution in [0.1, 0.15) is 68.3 Å². The van der Waals surface area contributed by atoms with Gasteiger partial charge in [-0.05, 0) is 73.1 Å². The third kappa shape index (κ3) is 7.56. The number of alkyl carbamates (subject to hydrolysis) is 1. The van der Waals surface area contributed by atoms with E-state index in [1.54, 1.807) is 36.6 Å². The van der Waals surface area contributed by atoms with Crippen molar-refractivity contribution >= 4 is 12.0 Å². The van der Waals surface area contributed by atoms with Gasteiger partial charge in [0, 0.05) is 50.6 Å². The molecule has 1 saturated heterocycles. The third-order valence-electron chi connectivity index (χ3n) is 12.1. The second kappa shape index (κ2) is 16.3. The van der Waals surface area contributed by atoms with Crippen LogP contribution < -0.4 is 10.6 Å². The highest BCUT2D eigenvalue weighted by atomic mass is 16.5. The highest BCUT2D eigenvalue weighted by Gasteiger charge is 2.52. The molecule has 4 heterocycles. The second-order valence-corrected chi connectivity index (χ2v) is 15.2. The number of nitrogens with one attached hydrogen (secondary N) is 4. The number of aromatic nitrogens is 6. The lowest BCUT2D eigenvalue weighted by molar-refractivity contribution is -0.137. The molecule has 5 aromatic rings.